The molecule has 4 aromatic rings. The van der Waals surface area contributed by atoms with Crippen LogP contribution in [0.2, 0.25) is 0 Å². The zero-order valence-electron chi connectivity index (χ0n) is 16.8. The van der Waals surface area contributed by atoms with Crippen LogP contribution in [0, 0.1) is 0 Å². The molecule has 0 bridgehead atoms. The van der Waals surface area contributed by atoms with Gasteiger partial charge in [0.2, 0.25) is 0 Å². The lowest BCUT2D eigenvalue weighted by atomic mass is 10.2. The fourth-order valence-corrected chi connectivity index (χ4v) is 2.86. The predicted octanol–water partition coefficient (Wildman–Crippen LogP) is 5.54. The summed E-state index contributed by atoms with van der Waals surface area (Å²) in [5, 5.41) is 6.41. The third kappa shape index (κ3) is 5.36. The Morgan fingerprint density at radius 2 is 1.42 bits per heavy atom. The molecule has 2 N–H and O–H groups in total. The van der Waals surface area contributed by atoms with Crippen LogP contribution >= 0.6 is 0 Å². The molecule has 3 aromatic carbocycles. The van der Waals surface area contributed by atoms with Crippen LogP contribution in [0.25, 0.3) is 0 Å². The summed E-state index contributed by atoms with van der Waals surface area (Å²) in [7, 11) is 1.35. The summed E-state index contributed by atoms with van der Waals surface area (Å²) in [5.74, 6) is 2.34. The molecule has 7 nitrogen and oxygen atoms in total. The van der Waals surface area contributed by atoms with E-state index < -0.39 is 5.97 Å². The highest BCUT2D eigenvalue weighted by atomic mass is 16.5. The quantitative estimate of drug-likeness (QED) is 0.385. The second-order valence-corrected chi connectivity index (χ2v) is 6.55. The molecule has 0 unspecified atom stereocenters. The van der Waals surface area contributed by atoms with Crippen molar-refractivity contribution >= 4 is 29.0 Å². The summed E-state index contributed by atoms with van der Waals surface area (Å²) in [6.07, 6.45) is 1.46. The number of ether oxygens (including phenoxy) is 2. The van der Waals surface area contributed by atoms with E-state index in [4.69, 9.17) is 9.47 Å². The number of hydrogen-bond acceptors (Lipinski definition) is 7. The van der Waals surface area contributed by atoms with E-state index >= 15 is 0 Å². The first kappa shape index (κ1) is 19.9. The van der Waals surface area contributed by atoms with Crippen molar-refractivity contribution in [1.82, 2.24) is 9.97 Å². The van der Waals surface area contributed by atoms with E-state index in [1.165, 1.54) is 13.4 Å². The highest BCUT2D eigenvalue weighted by Gasteiger charge is 2.07. The number of benzene rings is 3. The Kier molecular flexibility index (Phi) is 6.04. The second kappa shape index (κ2) is 9.41. The number of carbonyl (C=O) groups excluding carboxylic acids is 1. The van der Waals surface area contributed by atoms with E-state index in [9.17, 15) is 4.79 Å². The third-order valence-electron chi connectivity index (χ3n) is 4.33. The van der Waals surface area contributed by atoms with E-state index in [1.807, 2.05) is 60.7 Å². The molecule has 1 aromatic heterocycles. The van der Waals surface area contributed by atoms with Crippen LogP contribution in [0.1, 0.15) is 10.4 Å². The normalized spacial score (nSPS) is 10.2. The maximum Gasteiger partial charge on any atom is 0.337 e. The number of nitrogens with one attached hydrogen (secondary N) is 2. The lowest BCUT2D eigenvalue weighted by molar-refractivity contribution is 0.0601. The number of rotatable bonds is 7. The van der Waals surface area contributed by atoms with Crippen molar-refractivity contribution in [3.05, 3.63) is 96.8 Å². The van der Waals surface area contributed by atoms with Gasteiger partial charge in [0.05, 0.1) is 12.7 Å². The van der Waals surface area contributed by atoms with Gasteiger partial charge >= 0.3 is 5.97 Å². The average Bonchev–Trinajstić information content (AvgIpc) is 2.81. The Hall–Kier alpha value is -4.39. The summed E-state index contributed by atoms with van der Waals surface area (Å²) in [4.78, 5) is 20.2. The number of methoxy groups -OCH3 is 1. The number of esters is 1. The van der Waals surface area contributed by atoms with Crippen molar-refractivity contribution in [2.24, 2.45) is 0 Å². The molecule has 0 radical (unpaired) electrons. The maximum absolute atomic E-state index is 11.7. The van der Waals surface area contributed by atoms with Crippen molar-refractivity contribution in [3.8, 4) is 11.5 Å². The molecule has 0 saturated heterocycles. The summed E-state index contributed by atoms with van der Waals surface area (Å²) in [6, 6.07) is 26.0. The molecule has 0 spiro atoms. The number of nitrogens with zero attached hydrogens (tertiary/aromatic N) is 2. The fourth-order valence-electron chi connectivity index (χ4n) is 2.86. The topological polar surface area (TPSA) is 85.4 Å². The minimum atomic E-state index is -0.395. The van der Waals surface area contributed by atoms with Crippen LogP contribution in [0.3, 0.4) is 0 Å². The monoisotopic (exact) mass is 412 g/mol. The van der Waals surface area contributed by atoms with Crippen molar-refractivity contribution in [3.63, 3.8) is 0 Å². The molecular formula is C24H20N4O3. The molecule has 4 rings (SSSR count). The SMILES string of the molecule is COC(=O)c1cccc(Nc2cc(Nc3ccc(Oc4ccccc4)cc3)ncn2)c1. The van der Waals surface area contributed by atoms with Crippen LogP contribution in [0.4, 0.5) is 23.0 Å². The van der Waals surface area contributed by atoms with Gasteiger partial charge in [-0.1, -0.05) is 24.3 Å². The van der Waals surface area contributed by atoms with E-state index in [1.54, 1.807) is 24.3 Å². The first-order valence-corrected chi connectivity index (χ1v) is 9.57. The summed E-state index contributed by atoms with van der Waals surface area (Å²) in [5.41, 5.74) is 2.03. The van der Waals surface area contributed by atoms with Crippen LogP contribution in [-0.2, 0) is 4.74 Å². The largest absolute Gasteiger partial charge is 0.465 e. The predicted molar refractivity (Wildman–Crippen MR) is 119 cm³/mol. The van der Waals surface area contributed by atoms with Gasteiger partial charge < -0.3 is 20.1 Å². The number of carbonyl (C=O) groups is 1. The molecule has 0 aliphatic carbocycles. The Labute approximate surface area is 179 Å². The average molecular weight is 412 g/mol. The van der Waals surface area contributed by atoms with Crippen LogP contribution < -0.4 is 15.4 Å². The Morgan fingerprint density at radius 3 is 2.13 bits per heavy atom. The molecule has 0 fully saturated rings. The zero-order chi connectivity index (χ0) is 21.5. The molecule has 0 atom stereocenters. The Morgan fingerprint density at radius 1 is 0.742 bits per heavy atom. The van der Waals surface area contributed by atoms with Gasteiger partial charge in [-0.05, 0) is 54.6 Å². The molecule has 31 heavy (non-hydrogen) atoms. The van der Waals surface area contributed by atoms with Gasteiger partial charge in [-0.3, -0.25) is 0 Å². The van der Waals surface area contributed by atoms with E-state index in [0.29, 0.717) is 17.2 Å². The van der Waals surface area contributed by atoms with Gasteiger partial charge in [-0.2, -0.15) is 0 Å². The Bertz CT molecular complexity index is 1160. The molecular weight excluding hydrogens is 392 g/mol. The number of hydrogen-bond donors (Lipinski definition) is 2. The van der Waals surface area contributed by atoms with Gasteiger partial charge in [0, 0.05) is 17.4 Å². The van der Waals surface area contributed by atoms with Crippen LogP contribution in [0.15, 0.2) is 91.3 Å². The van der Waals surface area contributed by atoms with Crippen LogP contribution in [0.5, 0.6) is 11.5 Å². The number of para-hydroxylation sites is 1. The number of anilines is 4. The fraction of sp³-hybridized carbons (Fsp3) is 0.0417. The van der Waals surface area contributed by atoms with Crippen LogP contribution in [-0.4, -0.2) is 23.0 Å². The summed E-state index contributed by atoms with van der Waals surface area (Å²) in [6.45, 7) is 0. The van der Waals surface area contributed by atoms with E-state index in [-0.39, 0.29) is 0 Å². The molecule has 0 amide bonds. The molecule has 1 heterocycles. The molecule has 154 valence electrons. The lowest BCUT2D eigenvalue weighted by Gasteiger charge is -2.10. The van der Waals surface area contributed by atoms with Crippen molar-refractivity contribution in [1.29, 1.82) is 0 Å². The summed E-state index contributed by atoms with van der Waals surface area (Å²) < 4.78 is 10.6. The van der Waals surface area contributed by atoms with Crippen molar-refractivity contribution < 1.29 is 14.3 Å². The minimum Gasteiger partial charge on any atom is -0.465 e. The standard InChI is InChI=1S/C24H20N4O3/c1-30-24(29)17-6-5-7-19(14-17)28-23-15-22(25-16-26-23)27-18-10-12-21(13-11-18)31-20-8-3-2-4-9-20/h2-16H,1H3,(H2,25,26,27,28). The maximum atomic E-state index is 11.7. The zero-order valence-corrected chi connectivity index (χ0v) is 16.8. The van der Waals surface area contributed by atoms with Gasteiger partial charge in [-0.15, -0.1) is 0 Å². The highest BCUT2D eigenvalue weighted by molar-refractivity contribution is 5.90. The van der Waals surface area contributed by atoms with Crippen molar-refractivity contribution in [2.45, 2.75) is 0 Å². The highest BCUT2D eigenvalue weighted by Crippen LogP contribution is 2.25. The minimum absolute atomic E-state index is 0.395. The smallest absolute Gasteiger partial charge is 0.337 e. The van der Waals surface area contributed by atoms with Gasteiger partial charge in [0.15, 0.2) is 0 Å². The first-order chi connectivity index (χ1) is 15.2. The summed E-state index contributed by atoms with van der Waals surface area (Å²) >= 11 is 0. The van der Waals surface area contributed by atoms with Gasteiger partial charge in [0.1, 0.15) is 29.5 Å². The third-order valence-corrected chi connectivity index (χ3v) is 4.33. The van der Waals surface area contributed by atoms with Gasteiger partial charge in [-0.25, -0.2) is 14.8 Å². The molecule has 0 aliphatic rings. The molecule has 0 aliphatic heterocycles. The first-order valence-electron chi connectivity index (χ1n) is 9.57. The Balaban J connectivity index is 1.42. The number of aromatic nitrogens is 2. The second-order valence-electron chi connectivity index (χ2n) is 6.55. The lowest BCUT2D eigenvalue weighted by Crippen LogP contribution is -2.02. The molecule has 7 heteroatoms. The van der Waals surface area contributed by atoms with E-state index in [0.717, 1.165) is 22.9 Å². The molecule has 0 saturated carbocycles. The van der Waals surface area contributed by atoms with E-state index in [2.05, 4.69) is 20.6 Å². The van der Waals surface area contributed by atoms with Gasteiger partial charge in [0.25, 0.3) is 0 Å². The van der Waals surface area contributed by atoms with Crippen molar-refractivity contribution in [2.75, 3.05) is 17.7 Å².